The van der Waals surface area contributed by atoms with E-state index >= 15 is 0 Å². The summed E-state index contributed by atoms with van der Waals surface area (Å²) >= 11 is 11.1. The van der Waals surface area contributed by atoms with Crippen molar-refractivity contribution in [1.29, 1.82) is 0 Å². The fourth-order valence-corrected chi connectivity index (χ4v) is 3.84. The second-order valence-corrected chi connectivity index (χ2v) is 7.07. The fourth-order valence-electron chi connectivity index (χ4n) is 2.30. The number of nitrogens with one attached hydrogen (secondary N) is 1. The van der Waals surface area contributed by atoms with Crippen molar-refractivity contribution in [3.8, 4) is 0 Å². The van der Waals surface area contributed by atoms with Gasteiger partial charge in [-0.25, -0.2) is 4.39 Å². The first-order valence-electron chi connectivity index (χ1n) is 6.27. The van der Waals surface area contributed by atoms with Gasteiger partial charge in [0.2, 0.25) is 0 Å². The predicted molar refractivity (Wildman–Crippen MR) is 87.3 cm³/mol. The van der Waals surface area contributed by atoms with Gasteiger partial charge in [0.25, 0.3) is 0 Å². The maximum Gasteiger partial charge on any atom is 0.139 e. The second kappa shape index (κ2) is 5.96. The fraction of sp³-hybridized carbons (Fsp3) is 0.200. The lowest BCUT2D eigenvalue weighted by Crippen LogP contribution is -2.16. The maximum atomic E-state index is 13.6. The van der Waals surface area contributed by atoms with E-state index in [-0.39, 0.29) is 11.9 Å². The quantitative estimate of drug-likeness (QED) is 0.705. The molecule has 1 N–H and O–H groups in total. The van der Waals surface area contributed by atoms with E-state index in [1.54, 1.807) is 6.07 Å². The highest BCUT2D eigenvalue weighted by atomic mass is 79.9. The van der Waals surface area contributed by atoms with E-state index in [9.17, 15) is 4.39 Å². The van der Waals surface area contributed by atoms with Gasteiger partial charge >= 0.3 is 0 Å². The lowest BCUT2D eigenvalue weighted by Gasteiger charge is -2.27. The Morgan fingerprint density at radius 3 is 2.90 bits per heavy atom. The molecule has 0 bridgehead atoms. The molecule has 2 aromatic rings. The van der Waals surface area contributed by atoms with E-state index in [0.717, 1.165) is 22.9 Å². The molecule has 104 valence electrons. The highest BCUT2D eigenvalue weighted by Crippen LogP contribution is 2.39. The van der Waals surface area contributed by atoms with Gasteiger partial charge in [0, 0.05) is 21.4 Å². The largest absolute Gasteiger partial charge is 0.378 e. The summed E-state index contributed by atoms with van der Waals surface area (Å²) in [7, 11) is 0. The number of halogens is 3. The molecule has 0 saturated heterocycles. The van der Waals surface area contributed by atoms with Gasteiger partial charge in [0.05, 0.1) is 10.5 Å². The summed E-state index contributed by atoms with van der Waals surface area (Å²) in [6.07, 6.45) is 0.996. The van der Waals surface area contributed by atoms with Gasteiger partial charge in [-0.2, -0.15) is 0 Å². The summed E-state index contributed by atoms with van der Waals surface area (Å²) in [5.74, 6) is 0.789. The molecular weight excluding hydrogens is 361 g/mol. The number of benzene rings is 2. The van der Waals surface area contributed by atoms with Crippen LogP contribution in [-0.2, 0) is 0 Å². The van der Waals surface area contributed by atoms with Gasteiger partial charge in [-0.3, -0.25) is 0 Å². The van der Waals surface area contributed by atoms with Crippen molar-refractivity contribution in [3.05, 3.63) is 57.3 Å². The van der Waals surface area contributed by atoms with Gasteiger partial charge in [-0.15, -0.1) is 11.8 Å². The molecule has 1 atom stereocenters. The summed E-state index contributed by atoms with van der Waals surface area (Å²) in [6, 6.07) is 11.2. The molecule has 0 radical (unpaired) electrons. The molecule has 0 fully saturated rings. The van der Waals surface area contributed by atoms with Crippen LogP contribution in [0.3, 0.4) is 0 Å². The third-order valence-electron chi connectivity index (χ3n) is 3.27. The SMILES string of the molecule is Fc1cc(NC2CCSc3ccc(Cl)cc32)ccc1Br. The number of hydrogen-bond acceptors (Lipinski definition) is 2. The lowest BCUT2D eigenvalue weighted by atomic mass is 10.0. The summed E-state index contributed by atoms with van der Waals surface area (Å²) in [6.45, 7) is 0. The summed E-state index contributed by atoms with van der Waals surface area (Å²) in [5.41, 5.74) is 1.98. The molecule has 1 unspecified atom stereocenters. The number of hydrogen-bond donors (Lipinski definition) is 1. The van der Waals surface area contributed by atoms with Crippen molar-refractivity contribution in [2.45, 2.75) is 17.4 Å². The van der Waals surface area contributed by atoms with Crippen LogP contribution < -0.4 is 5.32 Å². The van der Waals surface area contributed by atoms with Crippen LogP contribution in [0.1, 0.15) is 18.0 Å². The molecular formula is C15H12BrClFNS. The second-order valence-electron chi connectivity index (χ2n) is 4.65. The molecule has 1 aliphatic heterocycles. The first kappa shape index (κ1) is 14.2. The Morgan fingerprint density at radius 1 is 1.25 bits per heavy atom. The van der Waals surface area contributed by atoms with Crippen molar-refractivity contribution < 1.29 is 4.39 Å². The van der Waals surface area contributed by atoms with Crippen LogP contribution in [0.2, 0.25) is 5.02 Å². The molecule has 1 heterocycles. The maximum absolute atomic E-state index is 13.6. The highest BCUT2D eigenvalue weighted by molar-refractivity contribution is 9.10. The lowest BCUT2D eigenvalue weighted by molar-refractivity contribution is 0.620. The standard InChI is InChI=1S/C15H12BrClFNS/c16-12-3-2-10(8-13(12)18)19-14-5-6-20-15-4-1-9(17)7-11(14)15/h1-4,7-8,14,19H,5-6H2. The molecule has 0 aromatic heterocycles. The van der Waals surface area contributed by atoms with Gasteiger partial charge in [0.15, 0.2) is 0 Å². The van der Waals surface area contributed by atoms with Crippen LogP contribution in [0, 0.1) is 5.82 Å². The Kier molecular flexibility index (Phi) is 4.24. The minimum atomic E-state index is -0.258. The molecule has 1 aliphatic rings. The smallest absolute Gasteiger partial charge is 0.139 e. The van der Waals surface area contributed by atoms with Crippen LogP contribution >= 0.6 is 39.3 Å². The third-order valence-corrected chi connectivity index (χ3v) is 5.27. The van der Waals surface area contributed by atoms with Crippen LogP contribution in [0.4, 0.5) is 10.1 Å². The van der Waals surface area contributed by atoms with Gasteiger partial charge in [0.1, 0.15) is 5.82 Å². The summed E-state index contributed by atoms with van der Waals surface area (Å²) in [4.78, 5) is 1.25. The number of thioether (sulfide) groups is 1. The Morgan fingerprint density at radius 2 is 2.10 bits per heavy atom. The number of rotatable bonds is 2. The molecule has 5 heteroatoms. The normalized spacial score (nSPS) is 17.6. The highest BCUT2D eigenvalue weighted by Gasteiger charge is 2.21. The van der Waals surface area contributed by atoms with E-state index in [2.05, 4.69) is 27.3 Å². The van der Waals surface area contributed by atoms with Crippen molar-refractivity contribution in [2.24, 2.45) is 0 Å². The summed E-state index contributed by atoms with van der Waals surface area (Å²) < 4.78 is 14.1. The summed E-state index contributed by atoms with van der Waals surface area (Å²) in [5, 5.41) is 4.14. The van der Waals surface area contributed by atoms with E-state index in [1.165, 1.54) is 16.5 Å². The van der Waals surface area contributed by atoms with Crippen LogP contribution in [0.15, 0.2) is 45.8 Å². The molecule has 2 aromatic carbocycles. The first-order valence-corrected chi connectivity index (χ1v) is 8.43. The van der Waals surface area contributed by atoms with Crippen LogP contribution in [-0.4, -0.2) is 5.75 Å². The van der Waals surface area contributed by atoms with Crippen molar-refractivity contribution in [1.82, 2.24) is 0 Å². The average Bonchev–Trinajstić information content (AvgIpc) is 2.44. The Bertz CT molecular complexity index is 650. The monoisotopic (exact) mass is 371 g/mol. The first-order chi connectivity index (χ1) is 9.63. The zero-order valence-electron chi connectivity index (χ0n) is 10.5. The minimum Gasteiger partial charge on any atom is -0.378 e. The van der Waals surface area contributed by atoms with Gasteiger partial charge in [-0.05, 0) is 64.3 Å². The Labute approximate surface area is 135 Å². The Hall–Kier alpha value is -0.710. The van der Waals surface area contributed by atoms with Crippen LogP contribution in [0.25, 0.3) is 0 Å². The molecule has 0 amide bonds. The van der Waals surface area contributed by atoms with Crippen molar-refractivity contribution >= 4 is 45.0 Å². The molecule has 1 nitrogen and oxygen atoms in total. The van der Waals surface area contributed by atoms with E-state index < -0.39 is 0 Å². The van der Waals surface area contributed by atoms with Crippen LogP contribution in [0.5, 0.6) is 0 Å². The van der Waals surface area contributed by atoms with Crippen molar-refractivity contribution in [2.75, 3.05) is 11.1 Å². The van der Waals surface area contributed by atoms with Crippen molar-refractivity contribution in [3.63, 3.8) is 0 Å². The van der Waals surface area contributed by atoms with E-state index in [4.69, 9.17) is 11.6 Å². The Balaban J connectivity index is 1.89. The average molecular weight is 373 g/mol. The molecule has 0 aliphatic carbocycles. The van der Waals surface area contributed by atoms with E-state index in [0.29, 0.717) is 4.47 Å². The molecule has 0 saturated carbocycles. The molecule has 3 rings (SSSR count). The molecule has 20 heavy (non-hydrogen) atoms. The third kappa shape index (κ3) is 2.97. The zero-order valence-corrected chi connectivity index (χ0v) is 13.7. The predicted octanol–water partition coefficient (Wildman–Crippen LogP) is 5.89. The minimum absolute atomic E-state index is 0.172. The molecule has 0 spiro atoms. The van der Waals surface area contributed by atoms with Gasteiger partial charge < -0.3 is 5.32 Å². The topological polar surface area (TPSA) is 12.0 Å². The number of anilines is 1. The van der Waals surface area contributed by atoms with Gasteiger partial charge in [-0.1, -0.05) is 11.6 Å². The van der Waals surface area contributed by atoms with E-state index in [1.807, 2.05) is 30.0 Å². The number of fused-ring (bicyclic) bond motifs is 1. The zero-order chi connectivity index (χ0) is 14.1.